The van der Waals surface area contributed by atoms with Crippen LogP contribution in [0.3, 0.4) is 0 Å². The molecule has 23 heavy (non-hydrogen) atoms. The smallest absolute Gasteiger partial charge is 0.227 e. The van der Waals surface area contributed by atoms with Gasteiger partial charge in [0.25, 0.3) is 0 Å². The van der Waals surface area contributed by atoms with Crippen LogP contribution in [0.4, 0.5) is 15.8 Å². The van der Waals surface area contributed by atoms with Crippen molar-refractivity contribution in [1.82, 2.24) is 4.98 Å². The normalized spacial score (nSPS) is 15.5. The summed E-state index contributed by atoms with van der Waals surface area (Å²) in [6.45, 7) is 3.50. The van der Waals surface area contributed by atoms with Gasteiger partial charge in [-0.15, -0.1) is 0 Å². The summed E-state index contributed by atoms with van der Waals surface area (Å²) in [4.78, 5) is 18.7. The molecule has 3 rings (SSSR count). The van der Waals surface area contributed by atoms with E-state index >= 15 is 0 Å². The summed E-state index contributed by atoms with van der Waals surface area (Å²) in [5, 5.41) is 2.93. The molecule has 1 aliphatic rings. The maximum absolute atomic E-state index is 13.1. The van der Waals surface area contributed by atoms with Gasteiger partial charge in [-0.3, -0.25) is 9.78 Å². The molecule has 0 atom stereocenters. The third-order valence-electron chi connectivity index (χ3n) is 4.34. The molecule has 1 saturated heterocycles. The van der Waals surface area contributed by atoms with Crippen LogP contribution in [-0.2, 0) is 4.79 Å². The van der Waals surface area contributed by atoms with Crippen LogP contribution in [0.1, 0.15) is 18.4 Å². The zero-order valence-electron chi connectivity index (χ0n) is 13.1. The first-order valence-electron chi connectivity index (χ1n) is 7.85. The largest absolute Gasteiger partial charge is 0.371 e. The highest BCUT2D eigenvalue weighted by atomic mass is 19.1. The van der Waals surface area contributed by atoms with E-state index in [1.165, 1.54) is 12.1 Å². The van der Waals surface area contributed by atoms with E-state index in [9.17, 15) is 9.18 Å². The number of nitrogens with zero attached hydrogens (tertiary/aromatic N) is 2. The minimum atomic E-state index is -0.286. The highest BCUT2D eigenvalue weighted by molar-refractivity contribution is 5.93. The number of aromatic nitrogens is 1. The average Bonchev–Trinajstić information content (AvgIpc) is 2.58. The zero-order valence-corrected chi connectivity index (χ0v) is 13.1. The second-order valence-corrected chi connectivity index (χ2v) is 5.92. The number of nitrogens with one attached hydrogen (secondary N) is 1. The fourth-order valence-corrected chi connectivity index (χ4v) is 2.96. The van der Waals surface area contributed by atoms with E-state index in [0.717, 1.165) is 37.2 Å². The maximum Gasteiger partial charge on any atom is 0.227 e. The van der Waals surface area contributed by atoms with Crippen LogP contribution in [0.5, 0.6) is 0 Å². The first kappa shape index (κ1) is 15.5. The van der Waals surface area contributed by atoms with Crippen molar-refractivity contribution in [1.29, 1.82) is 0 Å². The Morgan fingerprint density at radius 2 is 1.91 bits per heavy atom. The Kier molecular flexibility index (Phi) is 4.55. The molecule has 1 aromatic heterocycles. The molecule has 1 amide bonds. The molecule has 0 spiro atoms. The molecule has 1 aromatic carbocycles. The number of benzene rings is 1. The third-order valence-corrected chi connectivity index (χ3v) is 4.34. The van der Waals surface area contributed by atoms with Gasteiger partial charge in [-0.1, -0.05) is 0 Å². The van der Waals surface area contributed by atoms with Crippen LogP contribution in [0.2, 0.25) is 0 Å². The molecule has 2 aromatic rings. The monoisotopic (exact) mass is 313 g/mol. The number of amides is 1. The van der Waals surface area contributed by atoms with Crippen LogP contribution >= 0.6 is 0 Å². The Hall–Kier alpha value is -2.43. The van der Waals surface area contributed by atoms with E-state index in [0.29, 0.717) is 5.69 Å². The molecule has 120 valence electrons. The van der Waals surface area contributed by atoms with E-state index in [1.807, 2.05) is 12.1 Å². The minimum absolute atomic E-state index is 0.00228. The van der Waals surface area contributed by atoms with Gasteiger partial charge in [0.05, 0.1) is 0 Å². The van der Waals surface area contributed by atoms with Gasteiger partial charge in [0.1, 0.15) is 5.82 Å². The summed E-state index contributed by atoms with van der Waals surface area (Å²) in [5.41, 5.74) is 2.58. The highest BCUT2D eigenvalue weighted by Gasteiger charge is 2.25. The van der Waals surface area contributed by atoms with Gasteiger partial charge >= 0.3 is 0 Å². The van der Waals surface area contributed by atoms with E-state index in [2.05, 4.69) is 15.2 Å². The van der Waals surface area contributed by atoms with Crippen molar-refractivity contribution in [2.24, 2.45) is 5.92 Å². The number of piperidine rings is 1. The van der Waals surface area contributed by atoms with Crippen molar-refractivity contribution < 1.29 is 9.18 Å². The Balaban J connectivity index is 1.58. The SMILES string of the molecule is Cc1cc(F)ccc1NC(=O)C1CCN(c2ccncc2)CC1. The number of halogens is 1. The van der Waals surface area contributed by atoms with Gasteiger partial charge in [0, 0.05) is 42.8 Å². The third kappa shape index (κ3) is 3.67. The van der Waals surface area contributed by atoms with Crippen LogP contribution in [0.25, 0.3) is 0 Å². The molecule has 4 nitrogen and oxygen atoms in total. The molecule has 0 saturated carbocycles. The van der Waals surface area contributed by atoms with Crippen LogP contribution in [0.15, 0.2) is 42.7 Å². The standard InChI is InChI=1S/C18H20FN3O/c1-13-12-15(19)2-3-17(13)21-18(23)14-6-10-22(11-7-14)16-4-8-20-9-5-16/h2-5,8-9,12,14H,6-7,10-11H2,1H3,(H,21,23). The Bertz CT molecular complexity index is 682. The first-order chi connectivity index (χ1) is 11.1. The van der Waals surface area contributed by atoms with E-state index < -0.39 is 0 Å². The minimum Gasteiger partial charge on any atom is -0.371 e. The van der Waals surface area contributed by atoms with Gasteiger partial charge in [0.15, 0.2) is 0 Å². The lowest BCUT2D eigenvalue weighted by Crippen LogP contribution is -2.38. The number of carbonyl (C=O) groups excluding carboxylic acids is 1. The predicted molar refractivity (Wildman–Crippen MR) is 88.9 cm³/mol. The van der Waals surface area contributed by atoms with Crippen molar-refractivity contribution in [3.63, 3.8) is 0 Å². The molecule has 0 aliphatic carbocycles. The van der Waals surface area contributed by atoms with Crippen molar-refractivity contribution in [3.8, 4) is 0 Å². The lowest BCUT2D eigenvalue weighted by molar-refractivity contribution is -0.120. The number of anilines is 2. The van der Waals surface area contributed by atoms with E-state index in [-0.39, 0.29) is 17.6 Å². The second-order valence-electron chi connectivity index (χ2n) is 5.92. The average molecular weight is 313 g/mol. The maximum atomic E-state index is 13.1. The van der Waals surface area contributed by atoms with Crippen molar-refractivity contribution in [3.05, 3.63) is 54.1 Å². The summed E-state index contributed by atoms with van der Waals surface area (Å²) < 4.78 is 13.1. The number of hydrogen-bond acceptors (Lipinski definition) is 3. The lowest BCUT2D eigenvalue weighted by atomic mass is 9.95. The topological polar surface area (TPSA) is 45.2 Å². The number of hydrogen-bond donors (Lipinski definition) is 1. The Morgan fingerprint density at radius 1 is 1.22 bits per heavy atom. The molecule has 1 aliphatic heterocycles. The zero-order chi connectivity index (χ0) is 16.2. The van der Waals surface area contributed by atoms with Gasteiger partial charge in [-0.25, -0.2) is 4.39 Å². The molecular weight excluding hydrogens is 293 g/mol. The highest BCUT2D eigenvalue weighted by Crippen LogP contribution is 2.24. The second kappa shape index (κ2) is 6.77. The molecule has 1 N–H and O–H groups in total. The first-order valence-corrected chi connectivity index (χ1v) is 7.85. The Morgan fingerprint density at radius 3 is 2.57 bits per heavy atom. The van der Waals surface area contributed by atoms with Crippen molar-refractivity contribution >= 4 is 17.3 Å². The number of aryl methyl sites for hydroxylation is 1. The molecule has 5 heteroatoms. The fourth-order valence-electron chi connectivity index (χ4n) is 2.96. The van der Waals surface area contributed by atoms with E-state index in [1.54, 1.807) is 25.4 Å². The van der Waals surface area contributed by atoms with Crippen molar-refractivity contribution in [2.45, 2.75) is 19.8 Å². The molecular formula is C18H20FN3O. The van der Waals surface area contributed by atoms with Crippen LogP contribution in [-0.4, -0.2) is 24.0 Å². The van der Waals surface area contributed by atoms with Crippen molar-refractivity contribution in [2.75, 3.05) is 23.3 Å². The molecule has 2 heterocycles. The Labute approximate surface area is 135 Å². The molecule has 0 unspecified atom stereocenters. The van der Waals surface area contributed by atoms with Crippen LogP contribution in [0, 0.1) is 18.7 Å². The summed E-state index contributed by atoms with van der Waals surface area (Å²) >= 11 is 0. The van der Waals surface area contributed by atoms with Gasteiger partial charge < -0.3 is 10.2 Å². The fraction of sp³-hybridized carbons (Fsp3) is 0.333. The van der Waals surface area contributed by atoms with Gasteiger partial charge in [0.2, 0.25) is 5.91 Å². The number of carbonyl (C=O) groups is 1. The predicted octanol–water partition coefficient (Wildman–Crippen LogP) is 3.38. The molecule has 0 bridgehead atoms. The van der Waals surface area contributed by atoms with Crippen LogP contribution < -0.4 is 10.2 Å². The van der Waals surface area contributed by atoms with E-state index in [4.69, 9.17) is 0 Å². The number of rotatable bonds is 3. The van der Waals surface area contributed by atoms with Gasteiger partial charge in [-0.2, -0.15) is 0 Å². The summed E-state index contributed by atoms with van der Waals surface area (Å²) in [6, 6.07) is 8.40. The summed E-state index contributed by atoms with van der Waals surface area (Å²) in [6.07, 6.45) is 5.19. The van der Waals surface area contributed by atoms with Gasteiger partial charge in [-0.05, 0) is 55.7 Å². The quantitative estimate of drug-likeness (QED) is 0.945. The summed E-state index contributed by atoms with van der Waals surface area (Å²) in [7, 11) is 0. The lowest BCUT2D eigenvalue weighted by Gasteiger charge is -2.33. The number of pyridine rings is 1. The molecule has 0 radical (unpaired) electrons. The molecule has 1 fully saturated rings. The summed E-state index contributed by atoms with van der Waals surface area (Å²) in [5.74, 6) is -0.266.